The Labute approximate surface area is 158 Å². The Morgan fingerprint density at radius 1 is 1.11 bits per heavy atom. The van der Waals surface area contributed by atoms with E-state index in [1.165, 1.54) is 7.11 Å². The van der Waals surface area contributed by atoms with Crippen molar-refractivity contribution < 1.29 is 19.7 Å². The van der Waals surface area contributed by atoms with Gasteiger partial charge in [-0.05, 0) is 18.2 Å². The molecule has 0 saturated carbocycles. The number of benzene rings is 2. The number of hydrogen-bond donors (Lipinski definition) is 3. The van der Waals surface area contributed by atoms with Crippen molar-refractivity contribution in [2.45, 2.75) is 6.17 Å². The molecular formula is C20H25N3O4. The molecule has 7 heteroatoms. The van der Waals surface area contributed by atoms with Crippen LogP contribution in [0.25, 0.3) is 0 Å². The van der Waals surface area contributed by atoms with E-state index in [9.17, 15) is 10.2 Å². The first-order chi connectivity index (χ1) is 13.2. The van der Waals surface area contributed by atoms with Crippen molar-refractivity contribution in [3.05, 3.63) is 47.5 Å². The Kier molecular flexibility index (Phi) is 6.16. The SMILES string of the molecule is COc1cccc(C=NCCN2CCN[C@@H]2c2cccc(OC)c2O)c1O. The molecule has 0 spiro atoms. The van der Waals surface area contributed by atoms with Gasteiger partial charge in [0.1, 0.15) is 0 Å². The summed E-state index contributed by atoms with van der Waals surface area (Å²) in [6.45, 7) is 2.98. The molecule has 3 N–H and O–H groups in total. The van der Waals surface area contributed by atoms with Crippen molar-refractivity contribution in [1.29, 1.82) is 0 Å². The predicted molar refractivity (Wildman–Crippen MR) is 104 cm³/mol. The Hall–Kier alpha value is -2.77. The van der Waals surface area contributed by atoms with Crippen LogP contribution in [0.5, 0.6) is 23.0 Å². The summed E-state index contributed by atoms with van der Waals surface area (Å²) in [5.41, 5.74) is 1.41. The van der Waals surface area contributed by atoms with Crippen LogP contribution in [0.1, 0.15) is 17.3 Å². The Balaban J connectivity index is 1.64. The van der Waals surface area contributed by atoms with Gasteiger partial charge in [0.25, 0.3) is 0 Å². The number of nitrogens with one attached hydrogen (secondary N) is 1. The Morgan fingerprint density at radius 2 is 1.81 bits per heavy atom. The minimum Gasteiger partial charge on any atom is -0.504 e. The quantitative estimate of drug-likeness (QED) is 0.647. The van der Waals surface area contributed by atoms with Gasteiger partial charge in [-0.25, -0.2) is 0 Å². The molecule has 1 aliphatic rings. The van der Waals surface area contributed by atoms with Crippen LogP contribution in [0.4, 0.5) is 0 Å². The van der Waals surface area contributed by atoms with E-state index < -0.39 is 0 Å². The van der Waals surface area contributed by atoms with Crippen molar-refractivity contribution in [2.75, 3.05) is 40.4 Å². The Morgan fingerprint density at radius 3 is 2.56 bits per heavy atom. The molecule has 1 fully saturated rings. The van der Waals surface area contributed by atoms with E-state index >= 15 is 0 Å². The van der Waals surface area contributed by atoms with Gasteiger partial charge in [0.05, 0.1) is 26.9 Å². The summed E-state index contributed by atoms with van der Waals surface area (Å²) in [4.78, 5) is 6.65. The normalized spacial score (nSPS) is 17.5. The summed E-state index contributed by atoms with van der Waals surface area (Å²) in [6.07, 6.45) is 1.57. The minimum atomic E-state index is -0.0828. The largest absolute Gasteiger partial charge is 0.504 e. The highest BCUT2D eigenvalue weighted by molar-refractivity contribution is 5.84. The number of methoxy groups -OCH3 is 2. The molecule has 2 aromatic rings. The van der Waals surface area contributed by atoms with Crippen molar-refractivity contribution in [1.82, 2.24) is 10.2 Å². The zero-order valence-electron chi connectivity index (χ0n) is 15.6. The van der Waals surface area contributed by atoms with E-state index in [0.29, 0.717) is 23.6 Å². The minimum absolute atomic E-state index is 0.0828. The molecule has 1 saturated heterocycles. The molecule has 0 aromatic heterocycles. The zero-order chi connectivity index (χ0) is 19.2. The average Bonchev–Trinajstić information content (AvgIpc) is 3.15. The standard InChI is InChI=1S/C20H25N3O4/c1-26-16-7-3-5-14(18(16)24)13-21-9-11-23-12-10-22-20(23)15-6-4-8-17(27-2)19(15)25/h3-8,13,20,22,24-25H,9-12H2,1-2H3/t20-/m0/s1. The van der Waals surface area contributed by atoms with Gasteiger partial charge in [0, 0.05) is 37.0 Å². The van der Waals surface area contributed by atoms with Crippen molar-refractivity contribution >= 4 is 6.21 Å². The van der Waals surface area contributed by atoms with Crippen LogP contribution in [0.15, 0.2) is 41.4 Å². The monoisotopic (exact) mass is 371 g/mol. The third kappa shape index (κ3) is 4.15. The first-order valence-corrected chi connectivity index (χ1v) is 8.84. The predicted octanol–water partition coefficient (Wildman–Crippen LogP) is 2.14. The molecule has 144 valence electrons. The van der Waals surface area contributed by atoms with Crippen LogP contribution in [0.3, 0.4) is 0 Å². The molecule has 1 heterocycles. The van der Waals surface area contributed by atoms with Crippen molar-refractivity contribution in [3.63, 3.8) is 0 Å². The number of aromatic hydroxyl groups is 2. The second-order valence-electron chi connectivity index (χ2n) is 6.22. The molecule has 0 aliphatic carbocycles. The number of phenolic OH excluding ortho intramolecular Hbond substituents is 2. The summed E-state index contributed by atoms with van der Waals surface area (Å²) in [5.74, 6) is 1.14. The van der Waals surface area contributed by atoms with E-state index in [-0.39, 0.29) is 17.7 Å². The number of hydrogen-bond acceptors (Lipinski definition) is 7. The van der Waals surface area contributed by atoms with Gasteiger partial charge in [0.15, 0.2) is 23.0 Å². The molecule has 1 aliphatic heterocycles. The maximum Gasteiger partial charge on any atom is 0.166 e. The third-order valence-electron chi connectivity index (χ3n) is 4.64. The molecule has 27 heavy (non-hydrogen) atoms. The molecule has 1 atom stereocenters. The van der Waals surface area contributed by atoms with E-state index in [1.54, 1.807) is 31.5 Å². The van der Waals surface area contributed by atoms with Gasteiger partial charge in [-0.3, -0.25) is 15.2 Å². The fourth-order valence-corrected chi connectivity index (χ4v) is 3.23. The smallest absolute Gasteiger partial charge is 0.166 e. The van der Waals surface area contributed by atoms with Crippen LogP contribution >= 0.6 is 0 Å². The van der Waals surface area contributed by atoms with Crippen LogP contribution in [0, 0.1) is 0 Å². The average molecular weight is 371 g/mol. The van der Waals surface area contributed by atoms with Gasteiger partial charge in [0.2, 0.25) is 0 Å². The lowest BCUT2D eigenvalue weighted by Gasteiger charge is -2.24. The summed E-state index contributed by atoms with van der Waals surface area (Å²) in [5, 5.41) is 23.9. The van der Waals surface area contributed by atoms with Gasteiger partial charge in [-0.1, -0.05) is 18.2 Å². The first kappa shape index (κ1) is 19.0. The molecule has 7 nitrogen and oxygen atoms in total. The second kappa shape index (κ2) is 8.75. The first-order valence-electron chi connectivity index (χ1n) is 8.84. The van der Waals surface area contributed by atoms with Gasteiger partial charge >= 0.3 is 0 Å². The summed E-state index contributed by atoms with van der Waals surface area (Å²) in [7, 11) is 3.06. The number of phenols is 2. The lowest BCUT2D eigenvalue weighted by Crippen LogP contribution is -2.29. The molecule has 0 unspecified atom stereocenters. The number of nitrogens with zero attached hydrogens (tertiary/aromatic N) is 2. The third-order valence-corrected chi connectivity index (χ3v) is 4.64. The van der Waals surface area contributed by atoms with E-state index in [0.717, 1.165) is 25.2 Å². The highest BCUT2D eigenvalue weighted by Gasteiger charge is 2.28. The van der Waals surface area contributed by atoms with Gasteiger partial charge in [-0.15, -0.1) is 0 Å². The molecule has 3 rings (SSSR count). The van der Waals surface area contributed by atoms with E-state index in [4.69, 9.17) is 9.47 Å². The molecule has 0 amide bonds. The zero-order valence-corrected chi connectivity index (χ0v) is 15.6. The molecule has 0 bridgehead atoms. The lowest BCUT2D eigenvalue weighted by atomic mass is 10.1. The van der Waals surface area contributed by atoms with Crippen LogP contribution in [-0.2, 0) is 0 Å². The molecule has 0 radical (unpaired) electrons. The fraction of sp³-hybridized carbons (Fsp3) is 0.350. The van der Waals surface area contributed by atoms with Crippen LogP contribution in [0.2, 0.25) is 0 Å². The maximum atomic E-state index is 10.4. The van der Waals surface area contributed by atoms with Crippen LogP contribution < -0.4 is 14.8 Å². The molecule has 2 aromatic carbocycles. The highest BCUT2D eigenvalue weighted by Crippen LogP contribution is 2.35. The lowest BCUT2D eigenvalue weighted by molar-refractivity contribution is 0.245. The fourth-order valence-electron chi connectivity index (χ4n) is 3.23. The van der Waals surface area contributed by atoms with Crippen molar-refractivity contribution in [2.24, 2.45) is 4.99 Å². The Bertz CT molecular complexity index is 810. The van der Waals surface area contributed by atoms with Crippen LogP contribution in [-0.4, -0.2) is 61.7 Å². The number of rotatable bonds is 7. The topological polar surface area (TPSA) is 86.6 Å². The summed E-state index contributed by atoms with van der Waals surface area (Å²) >= 11 is 0. The summed E-state index contributed by atoms with van der Waals surface area (Å²) < 4.78 is 10.3. The number of para-hydroxylation sites is 2. The number of ether oxygens (including phenoxy) is 2. The highest BCUT2D eigenvalue weighted by atomic mass is 16.5. The van der Waals surface area contributed by atoms with E-state index in [1.807, 2.05) is 18.2 Å². The molecular weight excluding hydrogens is 346 g/mol. The summed E-state index contributed by atoms with van der Waals surface area (Å²) in [6, 6.07) is 10.8. The van der Waals surface area contributed by atoms with Gasteiger partial charge in [-0.2, -0.15) is 0 Å². The second-order valence-corrected chi connectivity index (χ2v) is 6.22. The number of aliphatic imine (C=N–C) groups is 1. The van der Waals surface area contributed by atoms with Crippen molar-refractivity contribution in [3.8, 4) is 23.0 Å². The maximum absolute atomic E-state index is 10.4. The van der Waals surface area contributed by atoms with Gasteiger partial charge < -0.3 is 19.7 Å². The van der Waals surface area contributed by atoms with E-state index in [2.05, 4.69) is 15.2 Å².